The average molecular weight is 413 g/mol. The number of amides is 1. The van der Waals surface area contributed by atoms with E-state index in [-0.39, 0.29) is 5.91 Å². The van der Waals surface area contributed by atoms with Crippen LogP contribution in [0.2, 0.25) is 0 Å². The first-order chi connectivity index (χ1) is 12.6. The van der Waals surface area contributed by atoms with E-state index in [2.05, 4.69) is 36.7 Å². The number of H-pyrrole nitrogens is 1. The average Bonchev–Trinajstić information content (AvgIpc) is 3.16. The molecular formula is C19H17BrN4O2. The summed E-state index contributed by atoms with van der Waals surface area (Å²) in [4.78, 5) is 12.3. The van der Waals surface area contributed by atoms with Gasteiger partial charge in [0.1, 0.15) is 11.4 Å². The van der Waals surface area contributed by atoms with Gasteiger partial charge in [-0.3, -0.25) is 9.89 Å². The van der Waals surface area contributed by atoms with Crippen LogP contribution in [0.5, 0.6) is 5.75 Å². The fourth-order valence-electron chi connectivity index (χ4n) is 2.30. The number of hydrogen-bond acceptors (Lipinski definition) is 4. The fourth-order valence-corrected chi connectivity index (χ4v) is 2.56. The zero-order valence-electron chi connectivity index (χ0n) is 14.3. The van der Waals surface area contributed by atoms with Gasteiger partial charge in [0.05, 0.1) is 18.5 Å². The molecule has 1 amide bonds. The highest BCUT2D eigenvalue weighted by Crippen LogP contribution is 2.20. The molecule has 0 spiro atoms. The van der Waals surface area contributed by atoms with Gasteiger partial charge in [-0.15, -0.1) is 0 Å². The first-order valence-electron chi connectivity index (χ1n) is 7.87. The van der Waals surface area contributed by atoms with Gasteiger partial charge in [-0.25, -0.2) is 5.43 Å². The van der Waals surface area contributed by atoms with Gasteiger partial charge in [-0.2, -0.15) is 10.2 Å². The molecule has 0 fully saturated rings. The molecule has 0 unspecified atom stereocenters. The van der Waals surface area contributed by atoms with E-state index in [1.807, 2.05) is 55.5 Å². The Bertz CT molecular complexity index is 931. The summed E-state index contributed by atoms with van der Waals surface area (Å²) in [6.07, 6.45) is 0. The zero-order valence-corrected chi connectivity index (χ0v) is 15.9. The van der Waals surface area contributed by atoms with Crippen molar-refractivity contribution in [2.24, 2.45) is 5.10 Å². The van der Waals surface area contributed by atoms with Crippen LogP contribution in [0.1, 0.15) is 23.0 Å². The van der Waals surface area contributed by atoms with Crippen molar-refractivity contribution in [1.82, 2.24) is 15.6 Å². The molecule has 0 saturated heterocycles. The number of benzene rings is 2. The Morgan fingerprint density at radius 2 is 1.85 bits per heavy atom. The number of aromatic amines is 1. The van der Waals surface area contributed by atoms with Crippen LogP contribution >= 0.6 is 15.9 Å². The first kappa shape index (κ1) is 17.9. The summed E-state index contributed by atoms with van der Waals surface area (Å²) in [6.45, 7) is 1.82. The molecule has 132 valence electrons. The number of rotatable bonds is 5. The van der Waals surface area contributed by atoms with Crippen molar-refractivity contribution in [2.45, 2.75) is 6.92 Å². The smallest absolute Gasteiger partial charge is 0.289 e. The number of halogens is 1. The number of ether oxygens (including phenoxy) is 1. The lowest BCUT2D eigenvalue weighted by Crippen LogP contribution is -2.19. The molecule has 2 N–H and O–H groups in total. The molecule has 3 rings (SSSR count). The van der Waals surface area contributed by atoms with Gasteiger partial charge in [0.2, 0.25) is 0 Å². The van der Waals surface area contributed by atoms with Crippen LogP contribution in [-0.2, 0) is 0 Å². The molecule has 0 aliphatic rings. The van der Waals surface area contributed by atoms with Crippen LogP contribution in [0.25, 0.3) is 11.3 Å². The van der Waals surface area contributed by atoms with E-state index in [4.69, 9.17) is 4.74 Å². The lowest BCUT2D eigenvalue weighted by molar-refractivity contribution is 0.0950. The Morgan fingerprint density at radius 3 is 2.50 bits per heavy atom. The molecule has 0 bridgehead atoms. The molecule has 0 saturated carbocycles. The van der Waals surface area contributed by atoms with E-state index in [0.717, 1.165) is 21.3 Å². The third-order valence-electron chi connectivity index (χ3n) is 3.80. The maximum atomic E-state index is 12.3. The van der Waals surface area contributed by atoms with Crippen molar-refractivity contribution >= 4 is 27.5 Å². The second kappa shape index (κ2) is 7.97. The Morgan fingerprint density at radius 1 is 1.15 bits per heavy atom. The van der Waals surface area contributed by atoms with Crippen molar-refractivity contribution in [2.75, 3.05) is 7.11 Å². The SMILES string of the molecule is COc1ccc(/C(C)=N\NC(=O)c2cc(-c3ccc(Br)cc3)n[nH]2)cc1. The predicted octanol–water partition coefficient (Wildman–Crippen LogP) is 4.00. The monoisotopic (exact) mass is 412 g/mol. The number of methoxy groups -OCH3 is 1. The van der Waals surface area contributed by atoms with Crippen LogP contribution in [0.4, 0.5) is 0 Å². The summed E-state index contributed by atoms with van der Waals surface area (Å²) in [5, 5.41) is 11.1. The van der Waals surface area contributed by atoms with E-state index in [0.29, 0.717) is 17.1 Å². The zero-order chi connectivity index (χ0) is 18.5. The minimum atomic E-state index is -0.353. The molecule has 0 aliphatic heterocycles. The van der Waals surface area contributed by atoms with Crippen molar-refractivity contribution in [3.8, 4) is 17.0 Å². The Labute approximate surface area is 159 Å². The lowest BCUT2D eigenvalue weighted by atomic mass is 10.1. The Kier molecular flexibility index (Phi) is 5.48. The van der Waals surface area contributed by atoms with Crippen LogP contribution < -0.4 is 10.2 Å². The van der Waals surface area contributed by atoms with Crippen LogP contribution in [-0.4, -0.2) is 28.9 Å². The number of aromatic nitrogens is 2. The third kappa shape index (κ3) is 4.18. The van der Waals surface area contributed by atoms with Gasteiger partial charge < -0.3 is 4.74 Å². The van der Waals surface area contributed by atoms with Crippen LogP contribution in [0.15, 0.2) is 64.2 Å². The molecule has 1 aromatic heterocycles. The number of hydrazone groups is 1. The fraction of sp³-hybridized carbons (Fsp3) is 0.105. The second-order valence-electron chi connectivity index (χ2n) is 5.54. The van der Waals surface area contributed by atoms with Gasteiger partial charge >= 0.3 is 0 Å². The minimum Gasteiger partial charge on any atom is -0.497 e. The summed E-state index contributed by atoms with van der Waals surface area (Å²) in [5.74, 6) is 0.414. The van der Waals surface area contributed by atoms with E-state index in [1.54, 1.807) is 13.2 Å². The molecule has 0 aliphatic carbocycles. The van der Waals surface area contributed by atoms with Crippen molar-refractivity contribution in [3.63, 3.8) is 0 Å². The highest BCUT2D eigenvalue weighted by molar-refractivity contribution is 9.10. The minimum absolute atomic E-state index is 0.342. The van der Waals surface area contributed by atoms with Crippen molar-refractivity contribution in [3.05, 3.63) is 70.3 Å². The normalized spacial score (nSPS) is 11.3. The standard InChI is InChI=1S/C19H17BrN4O2/c1-12(13-5-9-16(26-2)10-6-13)21-24-19(25)18-11-17(22-23-18)14-3-7-15(20)8-4-14/h3-11H,1-2H3,(H,22,23)(H,24,25)/b21-12-. The number of nitrogens with one attached hydrogen (secondary N) is 2. The molecule has 6 nitrogen and oxygen atoms in total. The van der Waals surface area contributed by atoms with Gasteiger partial charge in [-0.1, -0.05) is 28.1 Å². The van der Waals surface area contributed by atoms with E-state index >= 15 is 0 Å². The van der Waals surface area contributed by atoms with Crippen LogP contribution in [0, 0.1) is 0 Å². The highest BCUT2D eigenvalue weighted by atomic mass is 79.9. The molecule has 3 aromatic rings. The van der Waals surface area contributed by atoms with E-state index in [9.17, 15) is 4.79 Å². The molecule has 0 radical (unpaired) electrons. The predicted molar refractivity (Wildman–Crippen MR) is 104 cm³/mol. The summed E-state index contributed by atoms with van der Waals surface area (Å²) >= 11 is 3.39. The van der Waals surface area contributed by atoms with Gasteiger partial charge in [0.25, 0.3) is 5.91 Å². The van der Waals surface area contributed by atoms with E-state index < -0.39 is 0 Å². The Balaban J connectivity index is 1.68. The number of hydrogen-bond donors (Lipinski definition) is 2. The quantitative estimate of drug-likeness (QED) is 0.490. The molecule has 1 heterocycles. The third-order valence-corrected chi connectivity index (χ3v) is 4.32. The summed E-state index contributed by atoms with van der Waals surface area (Å²) < 4.78 is 6.11. The number of nitrogens with zero attached hydrogens (tertiary/aromatic N) is 2. The molecule has 26 heavy (non-hydrogen) atoms. The second-order valence-corrected chi connectivity index (χ2v) is 6.46. The summed E-state index contributed by atoms with van der Waals surface area (Å²) in [5.41, 5.74) is 6.07. The maximum Gasteiger partial charge on any atom is 0.289 e. The number of carbonyl (C=O) groups excluding carboxylic acids is 1. The maximum absolute atomic E-state index is 12.3. The van der Waals surface area contributed by atoms with Crippen molar-refractivity contribution in [1.29, 1.82) is 0 Å². The number of carbonyl (C=O) groups is 1. The van der Waals surface area contributed by atoms with Gasteiger partial charge in [-0.05, 0) is 55.0 Å². The largest absolute Gasteiger partial charge is 0.497 e. The lowest BCUT2D eigenvalue weighted by Gasteiger charge is -2.03. The summed E-state index contributed by atoms with van der Waals surface area (Å²) in [7, 11) is 1.61. The first-order valence-corrected chi connectivity index (χ1v) is 8.66. The summed E-state index contributed by atoms with van der Waals surface area (Å²) in [6, 6.07) is 16.8. The van der Waals surface area contributed by atoms with E-state index in [1.165, 1.54) is 0 Å². The molecular weight excluding hydrogens is 396 g/mol. The van der Waals surface area contributed by atoms with Gasteiger partial charge in [0, 0.05) is 10.0 Å². The highest BCUT2D eigenvalue weighted by Gasteiger charge is 2.11. The molecule has 2 aromatic carbocycles. The van der Waals surface area contributed by atoms with Crippen LogP contribution in [0.3, 0.4) is 0 Å². The van der Waals surface area contributed by atoms with Crippen molar-refractivity contribution < 1.29 is 9.53 Å². The topological polar surface area (TPSA) is 79.4 Å². The van der Waals surface area contributed by atoms with Gasteiger partial charge in [0.15, 0.2) is 0 Å². The Hall–Kier alpha value is -2.93. The molecule has 0 atom stereocenters. The molecule has 7 heteroatoms.